The molecule has 24 heavy (non-hydrogen) atoms. The summed E-state index contributed by atoms with van der Waals surface area (Å²) in [7, 11) is 1.62. The summed E-state index contributed by atoms with van der Waals surface area (Å²) in [5.74, 6) is 0.953. The van der Waals surface area contributed by atoms with Gasteiger partial charge in [-0.15, -0.1) is 0 Å². The van der Waals surface area contributed by atoms with Crippen molar-refractivity contribution < 1.29 is 14.3 Å². The molecule has 2 aromatic rings. The van der Waals surface area contributed by atoms with Crippen molar-refractivity contribution in [2.45, 2.75) is 19.4 Å². The lowest BCUT2D eigenvalue weighted by Gasteiger charge is -2.18. The van der Waals surface area contributed by atoms with Crippen LogP contribution in [0.25, 0.3) is 0 Å². The number of amides is 1. The summed E-state index contributed by atoms with van der Waals surface area (Å²) in [6.45, 7) is 1.87. The van der Waals surface area contributed by atoms with Crippen LogP contribution in [0.5, 0.6) is 11.5 Å². The number of ether oxygens (including phenoxy) is 2. The molecule has 124 valence electrons. The first kappa shape index (κ1) is 17.4. The predicted molar refractivity (Wildman–Crippen MR) is 90.8 cm³/mol. The number of methoxy groups -OCH3 is 1. The summed E-state index contributed by atoms with van der Waals surface area (Å²) in [4.78, 5) is 12.1. The van der Waals surface area contributed by atoms with Crippen LogP contribution in [0.3, 0.4) is 0 Å². The molecule has 0 saturated heterocycles. The van der Waals surface area contributed by atoms with Crippen LogP contribution in [0.15, 0.2) is 48.5 Å². The van der Waals surface area contributed by atoms with Crippen LogP contribution in [0.1, 0.15) is 30.5 Å². The second kappa shape index (κ2) is 8.59. The average molecular weight is 324 g/mol. The molecule has 0 aliphatic carbocycles. The molecule has 5 heteroatoms. The summed E-state index contributed by atoms with van der Waals surface area (Å²) in [5.41, 5.74) is 1.41. The highest BCUT2D eigenvalue weighted by Gasteiger charge is 2.14. The first-order valence-corrected chi connectivity index (χ1v) is 7.73. The Labute approximate surface area is 141 Å². The van der Waals surface area contributed by atoms with E-state index in [1.54, 1.807) is 31.4 Å². The first-order chi connectivity index (χ1) is 11.7. The van der Waals surface area contributed by atoms with Crippen molar-refractivity contribution >= 4 is 5.91 Å². The van der Waals surface area contributed by atoms with Crippen LogP contribution in [-0.2, 0) is 4.79 Å². The summed E-state index contributed by atoms with van der Waals surface area (Å²) >= 11 is 0. The fraction of sp³-hybridized carbons (Fsp3) is 0.263. The van der Waals surface area contributed by atoms with Gasteiger partial charge in [-0.25, -0.2) is 0 Å². The second-order valence-corrected chi connectivity index (χ2v) is 5.20. The van der Waals surface area contributed by atoms with Gasteiger partial charge in [-0.1, -0.05) is 31.2 Å². The van der Waals surface area contributed by atoms with Gasteiger partial charge in [0.25, 0.3) is 5.91 Å². The second-order valence-electron chi connectivity index (χ2n) is 5.20. The van der Waals surface area contributed by atoms with E-state index in [9.17, 15) is 4.79 Å². The van der Waals surface area contributed by atoms with Gasteiger partial charge in [0, 0.05) is 0 Å². The Morgan fingerprint density at radius 3 is 2.54 bits per heavy atom. The third-order valence-electron chi connectivity index (χ3n) is 3.63. The monoisotopic (exact) mass is 324 g/mol. The van der Waals surface area contributed by atoms with Gasteiger partial charge in [0.1, 0.15) is 17.6 Å². The zero-order valence-electron chi connectivity index (χ0n) is 13.8. The molecule has 1 N–H and O–H groups in total. The van der Waals surface area contributed by atoms with E-state index in [1.807, 2.05) is 37.3 Å². The SMILES string of the molecule is CCC(NC(=O)COc1ccccc1C#N)c1ccc(OC)cc1. The molecule has 1 unspecified atom stereocenters. The smallest absolute Gasteiger partial charge is 0.258 e. The molecule has 0 aliphatic heterocycles. The van der Waals surface area contributed by atoms with Gasteiger partial charge in [0.15, 0.2) is 6.61 Å². The minimum Gasteiger partial charge on any atom is -0.497 e. The molecule has 5 nitrogen and oxygen atoms in total. The Bertz CT molecular complexity index is 720. The summed E-state index contributed by atoms with van der Waals surface area (Å²) < 4.78 is 10.6. The Balaban J connectivity index is 1.95. The molecule has 1 atom stereocenters. The number of rotatable bonds is 7. The third kappa shape index (κ3) is 4.50. The standard InChI is InChI=1S/C19H20N2O3/c1-3-17(14-8-10-16(23-2)11-9-14)21-19(22)13-24-18-7-5-4-6-15(18)12-20/h4-11,17H,3,13H2,1-2H3,(H,21,22). The van der Waals surface area contributed by atoms with Crippen LogP contribution >= 0.6 is 0 Å². The lowest BCUT2D eigenvalue weighted by molar-refractivity contribution is -0.123. The average Bonchev–Trinajstić information content (AvgIpc) is 2.64. The topological polar surface area (TPSA) is 71.3 Å². The lowest BCUT2D eigenvalue weighted by atomic mass is 10.0. The van der Waals surface area contributed by atoms with Gasteiger partial charge in [0.05, 0.1) is 18.7 Å². The largest absolute Gasteiger partial charge is 0.497 e. The highest BCUT2D eigenvalue weighted by molar-refractivity contribution is 5.78. The molecule has 0 fully saturated rings. The molecule has 0 aliphatic rings. The third-order valence-corrected chi connectivity index (χ3v) is 3.63. The number of nitrogens with zero attached hydrogens (tertiary/aromatic N) is 1. The van der Waals surface area contributed by atoms with Crippen LogP contribution in [0, 0.1) is 11.3 Å². The number of nitriles is 1. The number of nitrogens with one attached hydrogen (secondary N) is 1. The maximum Gasteiger partial charge on any atom is 0.258 e. The normalized spacial score (nSPS) is 11.2. The molecular weight excluding hydrogens is 304 g/mol. The zero-order valence-corrected chi connectivity index (χ0v) is 13.8. The van der Waals surface area contributed by atoms with Gasteiger partial charge >= 0.3 is 0 Å². The van der Waals surface area contributed by atoms with Crippen LogP contribution in [0.2, 0.25) is 0 Å². The van der Waals surface area contributed by atoms with Crippen LogP contribution in [-0.4, -0.2) is 19.6 Å². The van der Waals surface area contributed by atoms with Crippen molar-refractivity contribution in [1.29, 1.82) is 5.26 Å². The molecule has 2 rings (SSSR count). The molecule has 0 radical (unpaired) electrons. The number of para-hydroxylation sites is 1. The first-order valence-electron chi connectivity index (χ1n) is 7.73. The van der Waals surface area contributed by atoms with E-state index in [2.05, 4.69) is 5.32 Å². The van der Waals surface area contributed by atoms with E-state index in [-0.39, 0.29) is 18.6 Å². The van der Waals surface area contributed by atoms with Crippen molar-refractivity contribution in [2.75, 3.05) is 13.7 Å². The molecule has 0 aromatic heterocycles. The van der Waals surface area contributed by atoms with Gasteiger partial charge < -0.3 is 14.8 Å². The highest BCUT2D eigenvalue weighted by atomic mass is 16.5. The fourth-order valence-electron chi connectivity index (χ4n) is 2.32. The highest BCUT2D eigenvalue weighted by Crippen LogP contribution is 2.20. The van der Waals surface area contributed by atoms with E-state index in [1.165, 1.54) is 0 Å². The van der Waals surface area contributed by atoms with E-state index < -0.39 is 0 Å². The van der Waals surface area contributed by atoms with E-state index in [0.29, 0.717) is 11.3 Å². The summed E-state index contributed by atoms with van der Waals surface area (Å²) in [6.07, 6.45) is 0.757. The van der Waals surface area contributed by atoms with E-state index >= 15 is 0 Å². The van der Waals surface area contributed by atoms with Gasteiger partial charge in [0.2, 0.25) is 0 Å². The Morgan fingerprint density at radius 2 is 1.92 bits per heavy atom. The maximum absolute atomic E-state index is 12.1. The van der Waals surface area contributed by atoms with Crippen molar-refractivity contribution in [3.8, 4) is 17.6 Å². The zero-order chi connectivity index (χ0) is 17.4. The van der Waals surface area contributed by atoms with Crippen molar-refractivity contribution in [2.24, 2.45) is 0 Å². The maximum atomic E-state index is 12.1. The summed E-state index contributed by atoms with van der Waals surface area (Å²) in [6, 6.07) is 16.4. The molecule has 0 spiro atoms. The predicted octanol–water partition coefficient (Wildman–Crippen LogP) is 3.21. The molecule has 0 bridgehead atoms. The molecule has 2 aromatic carbocycles. The fourth-order valence-corrected chi connectivity index (χ4v) is 2.32. The molecular formula is C19H20N2O3. The Morgan fingerprint density at radius 1 is 1.21 bits per heavy atom. The lowest BCUT2D eigenvalue weighted by Crippen LogP contribution is -2.32. The van der Waals surface area contributed by atoms with E-state index in [4.69, 9.17) is 14.7 Å². The molecule has 1 amide bonds. The van der Waals surface area contributed by atoms with Gasteiger partial charge in [-0.2, -0.15) is 5.26 Å². The number of hydrogen-bond acceptors (Lipinski definition) is 4. The molecule has 0 heterocycles. The number of benzene rings is 2. The summed E-state index contributed by atoms with van der Waals surface area (Å²) in [5, 5.41) is 12.0. The van der Waals surface area contributed by atoms with E-state index in [0.717, 1.165) is 17.7 Å². The number of carbonyl (C=O) groups excluding carboxylic acids is 1. The Kier molecular flexibility index (Phi) is 6.21. The quantitative estimate of drug-likeness (QED) is 0.849. The van der Waals surface area contributed by atoms with Crippen LogP contribution in [0.4, 0.5) is 0 Å². The Hall–Kier alpha value is -3.00. The van der Waals surface area contributed by atoms with Crippen LogP contribution < -0.4 is 14.8 Å². The van der Waals surface area contributed by atoms with Gasteiger partial charge in [-0.3, -0.25) is 4.79 Å². The van der Waals surface area contributed by atoms with Gasteiger partial charge in [-0.05, 0) is 36.2 Å². The van der Waals surface area contributed by atoms with Crippen molar-refractivity contribution in [3.63, 3.8) is 0 Å². The van der Waals surface area contributed by atoms with Crippen molar-refractivity contribution in [1.82, 2.24) is 5.32 Å². The minimum atomic E-state index is -0.231. The number of carbonyl (C=O) groups is 1. The minimum absolute atomic E-state index is 0.0989. The van der Waals surface area contributed by atoms with Crippen molar-refractivity contribution in [3.05, 3.63) is 59.7 Å². The molecule has 0 saturated carbocycles. The number of hydrogen-bond donors (Lipinski definition) is 1.